The minimum Gasteiger partial charge on any atom is -0.360 e. The Bertz CT molecular complexity index is 392. The van der Waals surface area contributed by atoms with E-state index < -0.39 is 11.7 Å². The zero-order valence-electron chi connectivity index (χ0n) is 10.4. The molecule has 7 heteroatoms. The molecule has 0 aliphatic rings. The normalized spacial score (nSPS) is 11.4. The highest BCUT2D eigenvalue weighted by atomic mass is 19.4. The van der Waals surface area contributed by atoms with Crippen molar-refractivity contribution in [3.05, 3.63) is 17.7 Å². The highest BCUT2D eigenvalue weighted by molar-refractivity contribution is 5.50. The van der Waals surface area contributed by atoms with Crippen LogP contribution in [0.5, 0.6) is 0 Å². The number of aromatic nitrogens is 1. The molecule has 4 nitrogen and oxygen atoms in total. The second-order valence-corrected chi connectivity index (χ2v) is 4.02. The predicted molar refractivity (Wildman–Crippen MR) is 65.2 cm³/mol. The van der Waals surface area contributed by atoms with E-state index in [1.807, 2.05) is 6.92 Å². The van der Waals surface area contributed by atoms with Gasteiger partial charge in [-0.3, -0.25) is 0 Å². The third-order valence-electron chi connectivity index (χ3n) is 2.53. The van der Waals surface area contributed by atoms with Crippen LogP contribution in [0.2, 0.25) is 0 Å². The van der Waals surface area contributed by atoms with Crippen LogP contribution in [-0.4, -0.2) is 18.6 Å². The maximum atomic E-state index is 12.7. The molecule has 1 aromatic rings. The molecule has 0 unspecified atom stereocenters. The molecule has 1 rings (SSSR count). The summed E-state index contributed by atoms with van der Waals surface area (Å²) in [6.07, 6.45) is -2.56. The minimum absolute atomic E-state index is 0.00294. The van der Waals surface area contributed by atoms with Crippen LogP contribution < -0.4 is 16.2 Å². The summed E-state index contributed by atoms with van der Waals surface area (Å²) in [5.74, 6) is 5.39. The van der Waals surface area contributed by atoms with Crippen molar-refractivity contribution in [3.63, 3.8) is 0 Å². The van der Waals surface area contributed by atoms with E-state index in [-0.39, 0.29) is 11.6 Å². The number of halogens is 3. The number of nitrogens with one attached hydrogen (secondary N) is 1. The molecule has 0 aliphatic carbocycles. The molecule has 1 heterocycles. The fourth-order valence-corrected chi connectivity index (χ4v) is 1.46. The van der Waals surface area contributed by atoms with Gasteiger partial charge in [0.05, 0.1) is 5.56 Å². The molecular weight excluding hydrogens is 245 g/mol. The first-order valence-electron chi connectivity index (χ1n) is 5.65. The van der Waals surface area contributed by atoms with Gasteiger partial charge in [-0.1, -0.05) is 13.3 Å². The molecule has 0 spiro atoms. The molecule has 0 saturated heterocycles. The van der Waals surface area contributed by atoms with E-state index in [9.17, 15) is 13.2 Å². The Morgan fingerprint density at radius 2 is 2.06 bits per heavy atom. The summed E-state index contributed by atoms with van der Waals surface area (Å²) in [7, 11) is 1.71. The lowest BCUT2D eigenvalue weighted by atomic mass is 10.2. The molecule has 0 atom stereocenters. The van der Waals surface area contributed by atoms with Gasteiger partial charge in [0, 0.05) is 13.6 Å². The van der Waals surface area contributed by atoms with E-state index in [2.05, 4.69) is 10.4 Å². The first-order valence-corrected chi connectivity index (χ1v) is 5.65. The fraction of sp³-hybridized carbons (Fsp3) is 0.545. The number of unbranched alkanes of at least 4 members (excludes halogenated alkanes) is 1. The smallest absolute Gasteiger partial charge is 0.360 e. The molecule has 0 bridgehead atoms. The lowest BCUT2D eigenvalue weighted by Crippen LogP contribution is -2.22. The Morgan fingerprint density at radius 3 is 2.56 bits per heavy atom. The molecular formula is C11H17F3N4. The van der Waals surface area contributed by atoms with E-state index in [1.54, 1.807) is 11.9 Å². The standard InChI is InChI=1S/C11H17F3N4/c1-3-4-5-18(2)10-7-8(11(12,13)14)6-9(16-10)17-15/h6-7H,3-5,15H2,1-2H3,(H,16,17). The molecule has 0 aromatic carbocycles. The van der Waals surface area contributed by atoms with Gasteiger partial charge in [-0.15, -0.1) is 0 Å². The van der Waals surface area contributed by atoms with Crippen molar-refractivity contribution < 1.29 is 13.2 Å². The van der Waals surface area contributed by atoms with Gasteiger partial charge < -0.3 is 10.3 Å². The van der Waals surface area contributed by atoms with Crippen molar-refractivity contribution in [1.82, 2.24) is 4.98 Å². The number of nitrogen functional groups attached to an aromatic ring is 1. The van der Waals surface area contributed by atoms with Crippen LogP contribution in [0, 0.1) is 0 Å². The lowest BCUT2D eigenvalue weighted by Gasteiger charge is -2.20. The van der Waals surface area contributed by atoms with Crippen LogP contribution in [0.4, 0.5) is 24.8 Å². The molecule has 3 N–H and O–H groups in total. The van der Waals surface area contributed by atoms with Crippen LogP contribution in [-0.2, 0) is 6.18 Å². The summed E-state index contributed by atoms with van der Waals surface area (Å²) in [5, 5.41) is 0. The van der Waals surface area contributed by atoms with Gasteiger partial charge in [0.2, 0.25) is 0 Å². The van der Waals surface area contributed by atoms with Gasteiger partial charge in [-0.2, -0.15) is 13.2 Å². The maximum absolute atomic E-state index is 12.7. The van der Waals surface area contributed by atoms with Gasteiger partial charge in [0.25, 0.3) is 0 Å². The number of alkyl halides is 3. The highest BCUT2D eigenvalue weighted by Crippen LogP contribution is 2.32. The fourth-order valence-electron chi connectivity index (χ4n) is 1.46. The first-order chi connectivity index (χ1) is 8.38. The van der Waals surface area contributed by atoms with E-state index in [0.717, 1.165) is 25.0 Å². The summed E-state index contributed by atoms with van der Waals surface area (Å²) in [6, 6.07) is 1.91. The molecule has 102 valence electrons. The molecule has 1 aromatic heterocycles. The van der Waals surface area contributed by atoms with Crippen LogP contribution in [0.25, 0.3) is 0 Å². The number of nitrogens with two attached hydrogens (primary N) is 1. The number of hydrogen-bond donors (Lipinski definition) is 2. The highest BCUT2D eigenvalue weighted by Gasteiger charge is 2.32. The molecule has 0 radical (unpaired) electrons. The van der Waals surface area contributed by atoms with E-state index in [1.165, 1.54) is 0 Å². The number of anilines is 2. The first kappa shape index (κ1) is 14.6. The summed E-state index contributed by atoms with van der Waals surface area (Å²) in [6.45, 7) is 2.66. The maximum Gasteiger partial charge on any atom is 0.416 e. The van der Waals surface area contributed by atoms with Gasteiger partial charge in [-0.05, 0) is 18.6 Å². The quantitative estimate of drug-likeness (QED) is 0.632. The zero-order valence-corrected chi connectivity index (χ0v) is 10.4. The lowest BCUT2D eigenvalue weighted by molar-refractivity contribution is -0.137. The van der Waals surface area contributed by atoms with Crippen LogP contribution >= 0.6 is 0 Å². The van der Waals surface area contributed by atoms with Gasteiger partial charge in [0.15, 0.2) is 0 Å². The number of nitrogens with zero attached hydrogens (tertiary/aromatic N) is 2. The summed E-state index contributed by atoms with van der Waals surface area (Å²) in [5.41, 5.74) is 1.39. The summed E-state index contributed by atoms with van der Waals surface area (Å²) < 4.78 is 38.1. The Morgan fingerprint density at radius 1 is 1.39 bits per heavy atom. The van der Waals surface area contributed by atoms with Crippen molar-refractivity contribution >= 4 is 11.6 Å². The zero-order chi connectivity index (χ0) is 13.8. The van der Waals surface area contributed by atoms with Crippen LogP contribution in [0.3, 0.4) is 0 Å². The van der Waals surface area contributed by atoms with E-state index >= 15 is 0 Å². The number of pyridine rings is 1. The molecule has 0 amide bonds. The average molecular weight is 262 g/mol. The predicted octanol–water partition coefficient (Wildman–Crippen LogP) is 2.62. The van der Waals surface area contributed by atoms with Crippen molar-refractivity contribution in [1.29, 1.82) is 0 Å². The SMILES string of the molecule is CCCCN(C)c1cc(C(F)(F)F)cc(NN)n1. The topological polar surface area (TPSA) is 54.2 Å². The molecule has 0 fully saturated rings. The Hall–Kier alpha value is -1.50. The third-order valence-corrected chi connectivity index (χ3v) is 2.53. The van der Waals surface area contributed by atoms with Crippen molar-refractivity contribution in [2.45, 2.75) is 25.9 Å². The number of hydrazine groups is 1. The molecule has 0 aliphatic heterocycles. The van der Waals surface area contributed by atoms with Crippen molar-refractivity contribution in [2.24, 2.45) is 5.84 Å². The molecule has 0 saturated carbocycles. The Balaban J connectivity index is 3.04. The van der Waals surface area contributed by atoms with Crippen LogP contribution in [0.15, 0.2) is 12.1 Å². The second kappa shape index (κ2) is 5.90. The summed E-state index contributed by atoms with van der Waals surface area (Å²) >= 11 is 0. The third kappa shape index (κ3) is 3.76. The van der Waals surface area contributed by atoms with Crippen LogP contribution in [0.1, 0.15) is 25.3 Å². The average Bonchev–Trinajstić information content (AvgIpc) is 2.34. The molecule has 18 heavy (non-hydrogen) atoms. The van der Waals surface area contributed by atoms with E-state index in [4.69, 9.17) is 5.84 Å². The van der Waals surface area contributed by atoms with Crippen molar-refractivity contribution in [3.8, 4) is 0 Å². The second-order valence-electron chi connectivity index (χ2n) is 4.02. The minimum atomic E-state index is -4.41. The Kier molecular flexibility index (Phi) is 4.77. The largest absolute Gasteiger partial charge is 0.416 e. The van der Waals surface area contributed by atoms with Crippen molar-refractivity contribution in [2.75, 3.05) is 23.9 Å². The Labute approximate surface area is 104 Å². The number of rotatable bonds is 5. The van der Waals surface area contributed by atoms with Gasteiger partial charge in [0.1, 0.15) is 11.6 Å². The number of hydrogen-bond acceptors (Lipinski definition) is 4. The monoisotopic (exact) mass is 262 g/mol. The van der Waals surface area contributed by atoms with Gasteiger partial charge in [-0.25, -0.2) is 10.8 Å². The van der Waals surface area contributed by atoms with Gasteiger partial charge >= 0.3 is 6.18 Å². The van der Waals surface area contributed by atoms with E-state index in [0.29, 0.717) is 6.54 Å². The summed E-state index contributed by atoms with van der Waals surface area (Å²) in [4.78, 5) is 5.69.